The molecule has 0 aromatic carbocycles. The monoisotopic (exact) mass is 352 g/mol. The number of aromatic nitrogens is 3. The highest BCUT2D eigenvalue weighted by Gasteiger charge is 2.16. The van der Waals surface area contributed by atoms with Crippen molar-refractivity contribution in [1.82, 2.24) is 20.1 Å². The van der Waals surface area contributed by atoms with Gasteiger partial charge in [0, 0.05) is 24.6 Å². The molecule has 0 aliphatic carbocycles. The number of hydrogen-bond donors (Lipinski definition) is 1. The number of thioether (sulfide) groups is 1. The number of carbonyl (C=O) groups excluding carboxylic acids is 1. The number of nitrogens with zero attached hydrogens (tertiary/aromatic N) is 3. The maximum absolute atomic E-state index is 11.9. The molecule has 1 unspecified atom stereocenters. The summed E-state index contributed by atoms with van der Waals surface area (Å²) in [6, 6.07) is 4.18. The topological polar surface area (TPSA) is 69.0 Å². The number of amides is 1. The highest BCUT2D eigenvalue weighted by molar-refractivity contribution is 7.99. The number of rotatable bonds is 8. The van der Waals surface area contributed by atoms with Crippen molar-refractivity contribution in [3.8, 4) is 0 Å². The van der Waals surface area contributed by atoms with Gasteiger partial charge in [0.2, 0.25) is 5.91 Å². The molecule has 2 aromatic heterocycles. The zero-order valence-corrected chi connectivity index (χ0v) is 14.4. The first-order valence-corrected chi connectivity index (χ1v) is 9.59. The van der Waals surface area contributed by atoms with Gasteiger partial charge in [-0.15, -0.1) is 21.5 Å². The third-order valence-corrected chi connectivity index (χ3v) is 5.56. The minimum atomic E-state index is 0.0123. The van der Waals surface area contributed by atoms with E-state index in [9.17, 15) is 4.79 Å². The number of aryl methyl sites for hydroxylation is 2. The molecule has 6 nitrogen and oxygen atoms in total. The molecule has 2 aromatic rings. The van der Waals surface area contributed by atoms with Gasteiger partial charge in [0.25, 0.3) is 0 Å². The van der Waals surface area contributed by atoms with E-state index in [1.165, 1.54) is 16.6 Å². The van der Waals surface area contributed by atoms with Crippen LogP contribution >= 0.6 is 23.1 Å². The van der Waals surface area contributed by atoms with Crippen molar-refractivity contribution in [2.24, 2.45) is 0 Å². The van der Waals surface area contributed by atoms with Crippen LogP contribution in [0.3, 0.4) is 0 Å². The Hall–Kier alpha value is -1.38. The minimum Gasteiger partial charge on any atom is -0.376 e. The first kappa shape index (κ1) is 16.5. The molecular formula is C15H20N4O2S2. The van der Waals surface area contributed by atoms with E-state index in [4.69, 9.17) is 4.74 Å². The van der Waals surface area contributed by atoms with E-state index in [0.717, 1.165) is 37.6 Å². The van der Waals surface area contributed by atoms with E-state index >= 15 is 0 Å². The van der Waals surface area contributed by atoms with Crippen molar-refractivity contribution in [3.63, 3.8) is 0 Å². The number of thiophene rings is 1. The molecule has 0 bridgehead atoms. The van der Waals surface area contributed by atoms with Crippen molar-refractivity contribution in [2.75, 3.05) is 18.9 Å². The molecule has 0 saturated carbocycles. The second kappa shape index (κ2) is 8.47. The fraction of sp³-hybridized carbons (Fsp3) is 0.533. The van der Waals surface area contributed by atoms with Crippen molar-refractivity contribution < 1.29 is 9.53 Å². The van der Waals surface area contributed by atoms with Crippen molar-refractivity contribution in [1.29, 1.82) is 0 Å². The van der Waals surface area contributed by atoms with E-state index in [1.54, 1.807) is 17.7 Å². The van der Waals surface area contributed by atoms with Crippen LogP contribution in [0.15, 0.2) is 29.0 Å². The van der Waals surface area contributed by atoms with Crippen molar-refractivity contribution >= 4 is 29.0 Å². The second-order valence-corrected chi connectivity index (χ2v) is 7.34. The van der Waals surface area contributed by atoms with Crippen LogP contribution in [0.25, 0.3) is 0 Å². The van der Waals surface area contributed by atoms with Gasteiger partial charge in [-0.3, -0.25) is 4.79 Å². The van der Waals surface area contributed by atoms with Gasteiger partial charge in [-0.05, 0) is 30.7 Å². The molecule has 0 spiro atoms. The van der Waals surface area contributed by atoms with Gasteiger partial charge in [0.05, 0.1) is 11.9 Å². The lowest BCUT2D eigenvalue weighted by molar-refractivity contribution is -0.119. The van der Waals surface area contributed by atoms with Crippen LogP contribution in [-0.4, -0.2) is 45.7 Å². The fourth-order valence-corrected chi connectivity index (χ4v) is 3.88. The zero-order valence-electron chi connectivity index (χ0n) is 12.8. The molecule has 3 rings (SSSR count). The summed E-state index contributed by atoms with van der Waals surface area (Å²) in [5.74, 6) is 0.364. The lowest BCUT2D eigenvalue weighted by atomic mass is 10.2. The Morgan fingerprint density at radius 1 is 1.57 bits per heavy atom. The molecule has 3 heterocycles. The van der Waals surface area contributed by atoms with E-state index in [1.807, 2.05) is 4.57 Å². The van der Waals surface area contributed by atoms with E-state index in [2.05, 4.69) is 33.0 Å². The normalized spacial score (nSPS) is 17.5. The molecule has 1 atom stereocenters. The molecule has 1 fully saturated rings. The van der Waals surface area contributed by atoms with Crippen LogP contribution in [0.5, 0.6) is 0 Å². The largest absolute Gasteiger partial charge is 0.376 e. The molecule has 1 amide bonds. The van der Waals surface area contributed by atoms with Gasteiger partial charge < -0.3 is 14.6 Å². The summed E-state index contributed by atoms with van der Waals surface area (Å²) in [6.07, 6.45) is 4.97. The number of carbonyl (C=O) groups is 1. The molecule has 124 valence electrons. The molecule has 23 heavy (non-hydrogen) atoms. The van der Waals surface area contributed by atoms with E-state index in [-0.39, 0.29) is 12.0 Å². The summed E-state index contributed by atoms with van der Waals surface area (Å²) in [5.41, 5.74) is 0. The summed E-state index contributed by atoms with van der Waals surface area (Å²) in [7, 11) is 0. The van der Waals surface area contributed by atoms with Crippen LogP contribution in [0.4, 0.5) is 0 Å². The Morgan fingerprint density at radius 2 is 2.52 bits per heavy atom. The first-order valence-electron chi connectivity index (χ1n) is 7.72. The average molecular weight is 352 g/mol. The minimum absolute atomic E-state index is 0.0123. The standard InChI is InChI=1S/C15H20N4O2S2/c20-14(16-9-12-3-1-7-21-12)10-23-15-18-17-11-19(15)6-5-13-4-2-8-22-13/h2,4,8,11-12H,1,3,5-7,9-10H2,(H,16,20). The van der Waals surface area contributed by atoms with Gasteiger partial charge >= 0.3 is 0 Å². The fourth-order valence-electron chi connectivity index (χ4n) is 2.41. The van der Waals surface area contributed by atoms with Crippen molar-refractivity contribution in [3.05, 3.63) is 28.7 Å². The van der Waals surface area contributed by atoms with Crippen LogP contribution in [0, 0.1) is 0 Å². The predicted octanol–water partition coefficient (Wildman–Crippen LogP) is 1.97. The summed E-state index contributed by atoms with van der Waals surface area (Å²) in [4.78, 5) is 13.2. The quantitative estimate of drug-likeness (QED) is 0.736. The third kappa shape index (κ3) is 5.05. The molecule has 1 aliphatic rings. The van der Waals surface area contributed by atoms with E-state index < -0.39 is 0 Å². The molecule has 0 radical (unpaired) electrons. The van der Waals surface area contributed by atoms with E-state index in [0.29, 0.717) is 12.3 Å². The number of ether oxygens (including phenoxy) is 1. The SMILES string of the molecule is O=C(CSc1nncn1CCc1cccs1)NCC1CCCO1. The zero-order chi connectivity index (χ0) is 15.9. The second-order valence-electron chi connectivity index (χ2n) is 5.36. The molecule has 1 N–H and O–H groups in total. The molecule has 1 aliphatic heterocycles. The van der Waals surface area contributed by atoms with Gasteiger partial charge in [-0.2, -0.15) is 0 Å². The van der Waals surface area contributed by atoms with Gasteiger partial charge in [-0.25, -0.2) is 0 Å². The summed E-state index contributed by atoms with van der Waals surface area (Å²) in [6.45, 7) is 2.24. The maximum atomic E-state index is 11.9. The lowest BCUT2D eigenvalue weighted by Crippen LogP contribution is -2.32. The van der Waals surface area contributed by atoms with Gasteiger partial charge in [0.1, 0.15) is 6.33 Å². The van der Waals surface area contributed by atoms with Crippen LogP contribution in [0.1, 0.15) is 17.7 Å². The highest BCUT2D eigenvalue weighted by Crippen LogP contribution is 2.17. The Balaban J connectivity index is 1.41. The summed E-state index contributed by atoms with van der Waals surface area (Å²) < 4.78 is 7.49. The Kier molecular flexibility index (Phi) is 6.06. The average Bonchev–Trinajstić information content (AvgIpc) is 3.31. The molecule has 8 heteroatoms. The Bertz CT molecular complexity index is 609. The number of nitrogens with one attached hydrogen (secondary N) is 1. The smallest absolute Gasteiger partial charge is 0.230 e. The highest BCUT2D eigenvalue weighted by atomic mass is 32.2. The Morgan fingerprint density at radius 3 is 3.30 bits per heavy atom. The number of hydrogen-bond acceptors (Lipinski definition) is 6. The van der Waals surface area contributed by atoms with Gasteiger partial charge in [-0.1, -0.05) is 17.8 Å². The molecule has 1 saturated heterocycles. The Labute approximate surface area is 143 Å². The van der Waals surface area contributed by atoms with Crippen molar-refractivity contribution in [2.45, 2.75) is 37.1 Å². The predicted molar refractivity (Wildman–Crippen MR) is 90.8 cm³/mol. The lowest BCUT2D eigenvalue weighted by Gasteiger charge is -2.10. The summed E-state index contributed by atoms with van der Waals surface area (Å²) >= 11 is 3.17. The van der Waals surface area contributed by atoms with Crippen LogP contribution in [0.2, 0.25) is 0 Å². The molecular weight excluding hydrogens is 332 g/mol. The maximum Gasteiger partial charge on any atom is 0.230 e. The summed E-state index contributed by atoms with van der Waals surface area (Å²) in [5, 5.41) is 13.8. The van der Waals surface area contributed by atoms with Crippen LogP contribution < -0.4 is 5.32 Å². The van der Waals surface area contributed by atoms with Gasteiger partial charge in [0.15, 0.2) is 5.16 Å². The first-order chi connectivity index (χ1) is 11.3. The third-order valence-electron chi connectivity index (χ3n) is 3.64. The van der Waals surface area contributed by atoms with Crippen LogP contribution in [-0.2, 0) is 22.5 Å².